The van der Waals surface area contributed by atoms with Crippen molar-refractivity contribution in [2.45, 2.75) is 19.9 Å². The van der Waals surface area contributed by atoms with E-state index in [-0.39, 0.29) is 34.9 Å². The summed E-state index contributed by atoms with van der Waals surface area (Å²) < 4.78 is 23.2. The lowest BCUT2D eigenvalue weighted by molar-refractivity contribution is 0.278. The number of aliphatic hydroxyl groups excluding tert-OH is 1. The van der Waals surface area contributed by atoms with E-state index in [0.29, 0.717) is 30.0 Å². The van der Waals surface area contributed by atoms with Crippen LogP contribution >= 0.6 is 11.3 Å². The highest BCUT2D eigenvalue weighted by atomic mass is 32.1. The predicted molar refractivity (Wildman–Crippen MR) is 125 cm³/mol. The number of rotatable bonds is 4. The molecule has 1 aromatic carbocycles. The molecular weight excluding hydrogens is 433 g/mol. The van der Waals surface area contributed by atoms with E-state index in [0.717, 1.165) is 5.13 Å². The van der Waals surface area contributed by atoms with Gasteiger partial charge in [-0.25, -0.2) is 9.37 Å². The molecule has 0 radical (unpaired) electrons. The number of nitrogens with one attached hydrogen (secondary N) is 1. The van der Waals surface area contributed by atoms with Crippen LogP contribution in [0.3, 0.4) is 0 Å². The zero-order valence-corrected chi connectivity index (χ0v) is 18.9. The van der Waals surface area contributed by atoms with Gasteiger partial charge in [-0.15, -0.1) is 11.3 Å². The quantitative estimate of drug-likeness (QED) is 0.581. The van der Waals surface area contributed by atoms with Gasteiger partial charge >= 0.3 is 0 Å². The number of benzene rings is 1. The molecular formula is C22H24FN5O3S. The van der Waals surface area contributed by atoms with Gasteiger partial charge in [0.1, 0.15) is 17.0 Å². The minimum absolute atomic E-state index is 0.0272. The van der Waals surface area contributed by atoms with Crippen LogP contribution < -0.4 is 25.4 Å². The maximum absolute atomic E-state index is 15.5. The van der Waals surface area contributed by atoms with Crippen molar-refractivity contribution in [1.29, 1.82) is 0 Å². The summed E-state index contributed by atoms with van der Waals surface area (Å²) in [5.74, 6) is -0.563. The first-order valence-corrected chi connectivity index (χ1v) is 11.1. The molecule has 2 aliphatic rings. The average Bonchev–Trinajstić information content (AvgIpc) is 3.33. The average molecular weight is 458 g/mol. The number of aromatic nitrogens is 2. The van der Waals surface area contributed by atoms with Crippen LogP contribution in [0, 0.1) is 11.2 Å². The molecule has 2 aliphatic heterocycles. The van der Waals surface area contributed by atoms with Gasteiger partial charge < -0.3 is 20.1 Å². The Hall–Kier alpha value is -3.27. The molecule has 0 bridgehead atoms. The molecule has 1 atom stereocenters. The lowest BCUT2D eigenvalue weighted by Gasteiger charge is -2.33. The van der Waals surface area contributed by atoms with Crippen molar-refractivity contribution in [1.82, 2.24) is 9.66 Å². The maximum Gasteiger partial charge on any atom is 0.200 e. The van der Waals surface area contributed by atoms with E-state index in [1.54, 1.807) is 22.9 Å². The monoisotopic (exact) mass is 457 g/mol. The van der Waals surface area contributed by atoms with Crippen LogP contribution in [0.1, 0.15) is 19.4 Å². The Morgan fingerprint density at radius 2 is 2.25 bits per heavy atom. The summed E-state index contributed by atoms with van der Waals surface area (Å²) in [4.78, 5) is 19.2. The molecule has 3 aromatic rings. The van der Waals surface area contributed by atoms with E-state index in [1.807, 2.05) is 10.3 Å². The Balaban J connectivity index is 1.65. The van der Waals surface area contributed by atoms with Gasteiger partial charge in [-0.1, -0.05) is 20.4 Å². The van der Waals surface area contributed by atoms with Gasteiger partial charge in [0.15, 0.2) is 23.4 Å². The standard InChI is InChI=1S/C22H24FN5O3S/c1-12(29)14-8-28-17-13(19(14)30)7-15(23)18(20(17)31-11-26(28)4)27-9-16(22(2,3)10-27)25-21-24-5-6-32-21/h5-8,16,29H,1,9-11H2,2-4H3,(H,24,25)/t16-/m1/s1. The van der Waals surface area contributed by atoms with Crippen LogP contribution in [0.2, 0.25) is 0 Å². The first kappa shape index (κ1) is 20.6. The van der Waals surface area contributed by atoms with Crippen LogP contribution in [0.15, 0.2) is 35.2 Å². The van der Waals surface area contributed by atoms with Crippen molar-refractivity contribution >= 4 is 38.8 Å². The second kappa shape index (κ2) is 7.13. The second-order valence-electron chi connectivity index (χ2n) is 8.93. The van der Waals surface area contributed by atoms with Gasteiger partial charge in [-0.05, 0) is 6.07 Å². The van der Waals surface area contributed by atoms with E-state index < -0.39 is 11.2 Å². The fraction of sp³-hybridized carbons (Fsp3) is 0.364. The summed E-state index contributed by atoms with van der Waals surface area (Å²) in [6.45, 7) is 9.05. The molecule has 2 N–H and O–H groups in total. The largest absolute Gasteiger partial charge is 0.508 e. The predicted octanol–water partition coefficient (Wildman–Crippen LogP) is 3.37. The van der Waals surface area contributed by atoms with Crippen LogP contribution in [-0.4, -0.2) is 47.7 Å². The minimum Gasteiger partial charge on any atom is -0.508 e. The Morgan fingerprint density at radius 3 is 2.94 bits per heavy atom. The van der Waals surface area contributed by atoms with Crippen molar-refractivity contribution in [2.75, 3.05) is 42.1 Å². The van der Waals surface area contributed by atoms with Gasteiger partial charge in [0.05, 0.1) is 17.0 Å². The van der Waals surface area contributed by atoms with E-state index in [2.05, 4.69) is 30.7 Å². The van der Waals surface area contributed by atoms with Gasteiger partial charge in [-0.2, -0.15) is 0 Å². The molecule has 10 heteroatoms. The van der Waals surface area contributed by atoms with Crippen molar-refractivity contribution < 1.29 is 14.2 Å². The molecule has 1 saturated heterocycles. The Morgan fingerprint density at radius 1 is 1.47 bits per heavy atom. The van der Waals surface area contributed by atoms with Crippen molar-refractivity contribution in [2.24, 2.45) is 5.41 Å². The van der Waals surface area contributed by atoms with Crippen LogP contribution in [0.4, 0.5) is 15.2 Å². The van der Waals surface area contributed by atoms with Gasteiger partial charge in [0.2, 0.25) is 5.43 Å². The van der Waals surface area contributed by atoms with E-state index in [4.69, 9.17) is 4.74 Å². The fourth-order valence-corrected chi connectivity index (χ4v) is 5.10. The highest BCUT2D eigenvalue weighted by Crippen LogP contribution is 2.44. The van der Waals surface area contributed by atoms with Gasteiger partial charge in [0.25, 0.3) is 0 Å². The highest BCUT2D eigenvalue weighted by molar-refractivity contribution is 7.13. The number of nitrogens with zero attached hydrogens (tertiary/aromatic N) is 4. The molecule has 0 spiro atoms. The van der Waals surface area contributed by atoms with E-state index >= 15 is 4.39 Å². The highest BCUT2D eigenvalue weighted by Gasteiger charge is 2.42. The number of ether oxygens (including phenoxy) is 1. The van der Waals surface area contributed by atoms with Gasteiger partial charge in [-0.3, -0.25) is 14.5 Å². The molecule has 0 unspecified atom stereocenters. The first-order valence-electron chi connectivity index (χ1n) is 10.2. The summed E-state index contributed by atoms with van der Waals surface area (Å²) in [5.41, 5.74) is 0.188. The molecule has 2 aromatic heterocycles. The van der Waals surface area contributed by atoms with Crippen molar-refractivity contribution in [3.8, 4) is 5.75 Å². The Kier molecular flexibility index (Phi) is 4.59. The first-order chi connectivity index (χ1) is 15.2. The number of thiazole rings is 1. The molecule has 0 amide bonds. The molecule has 8 nitrogen and oxygen atoms in total. The molecule has 4 heterocycles. The number of pyridine rings is 1. The van der Waals surface area contributed by atoms with E-state index in [9.17, 15) is 9.90 Å². The normalized spacial score (nSPS) is 19.3. The Bertz CT molecular complexity index is 1290. The molecule has 0 aliphatic carbocycles. The number of halogens is 1. The zero-order chi connectivity index (χ0) is 22.8. The third kappa shape index (κ3) is 3.09. The molecule has 32 heavy (non-hydrogen) atoms. The third-order valence-electron chi connectivity index (χ3n) is 6.22. The number of aliphatic hydroxyl groups is 1. The smallest absolute Gasteiger partial charge is 0.200 e. The number of anilines is 2. The van der Waals surface area contributed by atoms with Crippen LogP contribution in [-0.2, 0) is 0 Å². The second-order valence-corrected chi connectivity index (χ2v) is 9.82. The number of hydrogen-bond acceptors (Lipinski definition) is 8. The van der Waals surface area contributed by atoms with Crippen LogP contribution in [0.5, 0.6) is 5.75 Å². The van der Waals surface area contributed by atoms with Crippen molar-refractivity contribution in [3.05, 3.63) is 52.0 Å². The van der Waals surface area contributed by atoms with Crippen LogP contribution in [0.25, 0.3) is 16.7 Å². The lowest BCUT2D eigenvalue weighted by Crippen LogP contribution is -2.39. The summed E-state index contributed by atoms with van der Waals surface area (Å²) >= 11 is 1.53. The summed E-state index contributed by atoms with van der Waals surface area (Å²) in [5, 5.41) is 18.0. The van der Waals surface area contributed by atoms with E-state index in [1.165, 1.54) is 23.6 Å². The molecule has 5 rings (SSSR count). The summed E-state index contributed by atoms with van der Waals surface area (Å²) in [6.07, 6.45) is 3.26. The summed E-state index contributed by atoms with van der Waals surface area (Å²) in [6, 6.07) is 1.28. The Labute approximate surface area is 188 Å². The lowest BCUT2D eigenvalue weighted by atomic mass is 9.88. The molecule has 0 saturated carbocycles. The summed E-state index contributed by atoms with van der Waals surface area (Å²) in [7, 11) is 1.78. The molecule has 1 fully saturated rings. The topological polar surface area (TPSA) is 82.9 Å². The maximum atomic E-state index is 15.5. The van der Waals surface area contributed by atoms with Gasteiger partial charge in [0, 0.05) is 43.3 Å². The SMILES string of the molecule is C=C(O)c1cn2c3c(c(N4C[C@@H](Nc5nccs5)C(C)(C)C4)c(F)cc3c1=O)OCN2C. The van der Waals surface area contributed by atoms with Crippen molar-refractivity contribution in [3.63, 3.8) is 0 Å². The minimum atomic E-state index is -0.535. The number of hydrogen-bond donors (Lipinski definition) is 2. The zero-order valence-electron chi connectivity index (χ0n) is 18.1. The fourth-order valence-electron chi connectivity index (χ4n) is 4.51. The third-order valence-corrected chi connectivity index (χ3v) is 6.92. The molecule has 168 valence electrons.